The second-order valence-electron chi connectivity index (χ2n) is 7.76. The van der Waals surface area contributed by atoms with E-state index in [0.717, 1.165) is 11.3 Å². The van der Waals surface area contributed by atoms with Gasteiger partial charge in [-0.1, -0.05) is 42.5 Å². The van der Waals surface area contributed by atoms with Gasteiger partial charge < -0.3 is 9.64 Å². The maximum atomic E-state index is 13.2. The zero-order valence-electron chi connectivity index (χ0n) is 16.2. The molecule has 0 bridgehead atoms. The zero-order chi connectivity index (χ0) is 20.0. The predicted molar refractivity (Wildman–Crippen MR) is 108 cm³/mol. The van der Waals surface area contributed by atoms with Crippen LogP contribution in [0.2, 0.25) is 0 Å². The molecule has 29 heavy (non-hydrogen) atoms. The average molecular weight is 387 g/mol. The summed E-state index contributed by atoms with van der Waals surface area (Å²) in [5.74, 6) is 0.604. The van der Waals surface area contributed by atoms with Crippen LogP contribution in [0.1, 0.15) is 33.7 Å². The van der Waals surface area contributed by atoms with Crippen molar-refractivity contribution in [1.82, 2.24) is 14.7 Å². The lowest BCUT2D eigenvalue weighted by Crippen LogP contribution is -2.45. The number of likely N-dealkylation sites (tertiary alicyclic amines) is 1. The van der Waals surface area contributed by atoms with Crippen LogP contribution in [-0.2, 0) is 7.05 Å². The Morgan fingerprint density at radius 3 is 2.69 bits per heavy atom. The van der Waals surface area contributed by atoms with E-state index < -0.39 is 5.60 Å². The minimum atomic E-state index is -0.637. The lowest BCUT2D eigenvalue weighted by molar-refractivity contribution is 0.0426. The molecule has 1 unspecified atom stereocenters. The van der Waals surface area contributed by atoms with Gasteiger partial charge in [0.05, 0.1) is 24.2 Å². The Kier molecular flexibility index (Phi) is 4.01. The number of para-hydroxylation sites is 1. The first-order valence-corrected chi connectivity index (χ1v) is 9.75. The molecule has 2 aromatic carbocycles. The number of benzene rings is 2. The first-order valence-electron chi connectivity index (χ1n) is 9.75. The van der Waals surface area contributed by atoms with Crippen LogP contribution >= 0.6 is 0 Å². The summed E-state index contributed by atoms with van der Waals surface area (Å²) < 4.78 is 7.86. The Balaban J connectivity index is 1.38. The maximum Gasteiger partial charge on any atom is 0.272 e. The number of Topliss-reactive ketones (excluding diaryl/α,β-unsaturated/α-hetero) is 1. The maximum absolute atomic E-state index is 13.2. The molecular weight excluding hydrogens is 366 g/mol. The van der Waals surface area contributed by atoms with Crippen LogP contribution in [0.15, 0.2) is 60.7 Å². The summed E-state index contributed by atoms with van der Waals surface area (Å²) in [5.41, 5.74) is 2.26. The van der Waals surface area contributed by atoms with Crippen LogP contribution in [0.25, 0.3) is 11.3 Å². The van der Waals surface area contributed by atoms with Crippen LogP contribution in [-0.4, -0.2) is 45.1 Å². The average Bonchev–Trinajstić information content (AvgIpc) is 3.32. The van der Waals surface area contributed by atoms with Crippen molar-refractivity contribution in [3.8, 4) is 17.0 Å². The number of hydrogen-bond acceptors (Lipinski definition) is 4. The summed E-state index contributed by atoms with van der Waals surface area (Å²) >= 11 is 0. The van der Waals surface area contributed by atoms with Crippen LogP contribution in [0.5, 0.6) is 5.75 Å². The van der Waals surface area contributed by atoms with E-state index >= 15 is 0 Å². The number of hydrogen-bond donors (Lipinski definition) is 0. The van der Waals surface area contributed by atoms with Gasteiger partial charge in [-0.05, 0) is 18.2 Å². The third kappa shape index (κ3) is 3.01. The molecule has 1 saturated heterocycles. The molecule has 6 nitrogen and oxygen atoms in total. The van der Waals surface area contributed by atoms with Gasteiger partial charge in [-0.2, -0.15) is 5.10 Å². The molecule has 0 N–H and O–H groups in total. The summed E-state index contributed by atoms with van der Waals surface area (Å²) in [4.78, 5) is 27.6. The van der Waals surface area contributed by atoms with Crippen molar-refractivity contribution in [2.24, 2.45) is 7.05 Å². The Bertz CT molecular complexity index is 1110. The third-order valence-electron chi connectivity index (χ3n) is 5.77. The summed E-state index contributed by atoms with van der Waals surface area (Å²) in [6.45, 7) is 0.956. The van der Waals surface area contributed by atoms with Crippen molar-refractivity contribution >= 4 is 11.7 Å². The van der Waals surface area contributed by atoms with E-state index in [9.17, 15) is 9.59 Å². The molecule has 2 aliphatic rings. The zero-order valence-corrected chi connectivity index (χ0v) is 16.2. The van der Waals surface area contributed by atoms with Crippen molar-refractivity contribution in [2.75, 3.05) is 13.1 Å². The van der Waals surface area contributed by atoms with Crippen molar-refractivity contribution in [2.45, 2.75) is 18.4 Å². The van der Waals surface area contributed by atoms with Crippen LogP contribution in [0.3, 0.4) is 0 Å². The molecule has 5 rings (SSSR count). The van der Waals surface area contributed by atoms with Gasteiger partial charge >= 0.3 is 0 Å². The van der Waals surface area contributed by atoms with E-state index in [4.69, 9.17) is 4.74 Å². The van der Waals surface area contributed by atoms with Gasteiger partial charge in [-0.25, -0.2) is 0 Å². The van der Waals surface area contributed by atoms with Gasteiger partial charge in [-0.15, -0.1) is 0 Å². The first kappa shape index (κ1) is 17.7. The summed E-state index contributed by atoms with van der Waals surface area (Å²) in [6, 6.07) is 18.9. The summed E-state index contributed by atoms with van der Waals surface area (Å²) in [5, 5.41) is 4.50. The van der Waals surface area contributed by atoms with Gasteiger partial charge in [0, 0.05) is 25.6 Å². The lowest BCUT2D eigenvalue weighted by atomic mass is 9.89. The SMILES string of the molecule is Cn1nc(-c2ccccc2)cc1C(=O)N1CCC2(CC(=O)c3ccccc3O2)C1. The van der Waals surface area contributed by atoms with Gasteiger partial charge in [0.2, 0.25) is 0 Å². The number of rotatable bonds is 2. The number of ether oxygens (including phenoxy) is 1. The number of nitrogens with zero attached hydrogens (tertiary/aromatic N) is 3. The molecular formula is C23H21N3O3. The largest absolute Gasteiger partial charge is 0.484 e. The molecule has 1 atom stereocenters. The number of carbonyl (C=O) groups is 2. The monoisotopic (exact) mass is 387 g/mol. The highest BCUT2D eigenvalue weighted by Crippen LogP contribution is 2.39. The molecule has 1 fully saturated rings. The highest BCUT2D eigenvalue weighted by atomic mass is 16.5. The minimum absolute atomic E-state index is 0.0769. The van der Waals surface area contributed by atoms with Gasteiger partial charge in [0.15, 0.2) is 5.78 Å². The Morgan fingerprint density at radius 2 is 1.86 bits per heavy atom. The molecule has 1 amide bonds. The highest BCUT2D eigenvalue weighted by Gasteiger charge is 2.47. The smallest absolute Gasteiger partial charge is 0.272 e. The van der Waals surface area contributed by atoms with Gasteiger partial charge in [0.1, 0.15) is 17.0 Å². The molecule has 0 saturated carbocycles. The number of aryl methyl sites for hydroxylation is 1. The number of carbonyl (C=O) groups excluding carboxylic acids is 2. The molecule has 146 valence electrons. The third-order valence-corrected chi connectivity index (χ3v) is 5.77. The molecule has 1 spiro atoms. The second-order valence-corrected chi connectivity index (χ2v) is 7.76. The highest BCUT2D eigenvalue weighted by molar-refractivity contribution is 6.00. The predicted octanol–water partition coefficient (Wildman–Crippen LogP) is 3.34. The van der Waals surface area contributed by atoms with E-state index in [-0.39, 0.29) is 11.7 Å². The lowest BCUT2D eigenvalue weighted by Gasteiger charge is -2.34. The molecule has 1 aromatic heterocycles. The molecule has 2 aliphatic heterocycles. The molecule has 3 aromatic rings. The minimum Gasteiger partial charge on any atom is -0.484 e. The topological polar surface area (TPSA) is 64.4 Å². The van der Waals surface area contributed by atoms with Crippen molar-refractivity contribution in [3.63, 3.8) is 0 Å². The van der Waals surface area contributed by atoms with Crippen molar-refractivity contribution in [3.05, 3.63) is 71.9 Å². The normalized spacial score (nSPS) is 20.6. The molecule has 3 heterocycles. The van der Waals surface area contributed by atoms with Gasteiger partial charge in [0.25, 0.3) is 5.91 Å². The fraction of sp³-hybridized carbons (Fsp3) is 0.261. The van der Waals surface area contributed by atoms with Crippen LogP contribution in [0, 0.1) is 0 Å². The van der Waals surface area contributed by atoms with E-state index in [2.05, 4.69) is 5.10 Å². The fourth-order valence-corrected chi connectivity index (χ4v) is 4.27. The van der Waals surface area contributed by atoms with E-state index in [1.54, 1.807) is 22.7 Å². The quantitative estimate of drug-likeness (QED) is 0.677. The number of amides is 1. The van der Waals surface area contributed by atoms with E-state index in [0.29, 0.717) is 42.9 Å². The Morgan fingerprint density at radius 1 is 1.10 bits per heavy atom. The molecule has 0 aliphatic carbocycles. The van der Waals surface area contributed by atoms with Gasteiger partial charge in [-0.3, -0.25) is 14.3 Å². The molecule has 6 heteroatoms. The van der Waals surface area contributed by atoms with Crippen LogP contribution < -0.4 is 4.74 Å². The number of aromatic nitrogens is 2. The Hall–Kier alpha value is -3.41. The van der Waals surface area contributed by atoms with E-state index in [1.807, 2.05) is 54.6 Å². The van der Waals surface area contributed by atoms with Crippen LogP contribution in [0.4, 0.5) is 0 Å². The second kappa shape index (κ2) is 6.58. The molecule has 0 radical (unpaired) electrons. The van der Waals surface area contributed by atoms with Crippen molar-refractivity contribution < 1.29 is 14.3 Å². The van der Waals surface area contributed by atoms with Crippen molar-refractivity contribution in [1.29, 1.82) is 0 Å². The number of fused-ring (bicyclic) bond motifs is 1. The van der Waals surface area contributed by atoms with E-state index in [1.165, 1.54) is 0 Å². The first-order chi connectivity index (χ1) is 14.0. The number of ketones is 1. The summed E-state index contributed by atoms with van der Waals surface area (Å²) in [6.07, 6.45) is 0.941. The standard InChI is InChI=1S/C23H21N3O3/c1-25-19(13-18(24-25)16-7-3-2-4-8-16)22(28)26-12-11-23(15-26)14-20(27)17-9-5-6-10-21(17)29-23/h2-10,13H,11-12,14-15H2,1H3. The fourth-order valence-electron chi connectivity index (χ4n) is 4.27. The summed E-state index contributed by atoms with van der Waals surface area (Å²) in [7, 11) is 1.78. The Labute approximate surface area is 168 Å².